The number of nitrogens with zero attached hydrogens (tertiary/aromatic N) is 2. The summed E-state index contributed by atoms with van der Waals surface area (Å²) in [5.41, 5.74) is 0. The quantitative estimate of drug-likeness (QED) is 0.285. The van der Waals surface area contributed by atoms with E-state index < -0.39 is 0 Å². The number of rotatable bonds is 2. The Kier molecular flexibility index (Phi) is 4.02. The van der Waals surface area contributed by atoms with Gasteiger partial charge in [0.1, 0.15) is 14.1 Å². The molecule has 0 aromatic heterocycles. The molecule has 9 heavy (non-hydrogen) atoms. The van der Waals surface area contributed by atoms with Crippen LogP contribution in [-0.2, 0) is 0 Å². The minimum absolute atomic E-state index is 0.449. The maximum atomic E-state index is 3.91. The standard InChI is InChI=1S/C6H14BN2/c1-7(5-8-2)6-9(3)4/h5-6H,1-4H3/q+1. The first kappa shape index (κ1) is 8.40. The summed E-state index contributed by atoms with van der Waals surface area (Å²) in [6.45, 7) is 2.55. The zero-order valence-corrected chi connectivity index (χ0v) is 6.63. The molecule has 0 amide bonds. The Hall–Kier alpha value is -0.595. The molecule has 0 saturated carbocycles. The normalized spacial score (nSPS) is 9.78. The first-order chi connectivity index (χ1) is 4.16. The summed E-state index contributed by atoms with van der Waals surface area (Å²) in [6, 6.07) is 0. The predicted molar refractivity (Wildman–Crippen MR) is 44.2 cm³/mol. The van der Waals surface area contributed by atoms with E-state index in [1.165, 1.54) is 0 Å². The predicted octanol–water partition coefficient (Wildman–Crippen LogP) is 0.233. The van der Waals surface area contributed by atoms with Gasteiger partial charge in [0.05, 0.1) is 6.11 Å². The molecule has 50 valence electrons. The highest BCUT2D eigenvalue weighted by Crippen LogP contribution is 1.69. The fourth-order valence-electron chi connectivity index (χ4n) is 0.744. The van der Waals surface area contributed by atoms with Gasteiger partial charge in [-0.05, 0) is 6.11 Å². The van der Waals surface area contributed by atoms with Gasteiger partial charge in [-0.15, -0.1) is 0 Å². The molecular weight excluding hydrogens is 111 g/mol. The van der Waals surface area contributed by atoms with Crippen LogP contribution in [0.5, 0.6) is 0 Å². The third-order valence-corrected chi connectivity index (χ3v) is 0.917. The van der Waals surface area contributed by atoms with E-state index in [4.69, 9.17) is 0 Å². The van der Waals surface area contributed by atoms with Crippen LogP contribution in [0.3, 0.4) is 0 Å². The summed E-state index contributed by atoms with van der Waals surface area (Å²) in [5, 5.41) is 0. The Labute approximate surface area is 57.4 Å². The van der Waals surface area contributed by atoms with Crippen molar-refractivity contribution in [3.63, 3.8) is 0 Å². The monoisotopic (exact) mass is 125 g/mol. The van der Waals surface area contributed by atoms with Gasteiger partial charge >= 0.3 is 0 Å². The van der Waals surface area contributed by atoms with Crippen molar-refractivity contribution < 1.29 is 4.58 Å². The highest BCUT2D eigenvalue weighted by Gasteiger charge is 2.01. The van der Waals surface area contributed by atoms with Crippen molar-refractivity contribution in [2.24, 2.45) is 4.99 Å². The number of hydrogen-bond acceptors (Lipinski definition) is 1. The van der Waals surface area contributed by atoms with Gasteiger partial charge in [0, 0.05) is 7.05 Å². The largest absolute Gasteiger partial charge is 0.310 e. The topological polar surface area (TPSA) is 15.4 Å². The van der Waals surface area contributed by atoms with Gasteiger partial charge < -0.3 is 4.99 Å². The van der Waals surface area contributed by atoms with Crippen LogP contribution < -0.4 is 0 Å². The lowest BCUT2D eigenvalue weighted by Gasteiger charge is -1.87. The molecule has 0 aliphatic carbocycles. The van der Waals surface area contributed by atoms with Crippen molar-refractivity contribution in [1.29, 1.82) is 0 Å². The van der Waals surface area contributed by atoms with Gasteiger partial charge in [-0.1, -0.05) is 6.82 Å². The molecule has 0 aliphatic rings. The summed E-state index contributed by atoms with van der Waals surface area (Å²) < 4.78 is 2.03. The third kappa shape index (κ3) is 5.27. The molecule has 0 spiro atoms. The first-order valence-electron chi connectivity index (χ1n) is 3.10. The molecule has 0 fully saturated rings. The van der Waals surface area contributed by atoms with Crippen LogP contribution >= 0.6 is 0 Å². The van der Waals surface area contributed by atoms with E-state index >= 15 is 0 Å². The van der Waals surface area contributed by atoms with Gasteiger partial charge in [-0.3, -0.25) is 4.58 Å². The molecule has 3 heteroatoms. The lowest BCUT2D eigenvalue weighted by Crippen LogP contribution is -2.18. The van der Waals surface area contributed by atoms with Crippen molar-refractivity contribution in [1.82, 2.24) is 0 Å². The number of aliphatic imine (C=N–C) groups is 1. The van der Waals surface area contributed by atoms with E-state index in [9.17, 15) is 0 Å². The first-order valence-corrected chi connectivity index (χ1v) is 3.10. The van der Waals surface area contributed by atoms with Gasteiger partial charge in [-0.25, -0.2) is 0 Å². The van der Waals surface area contributed by atoms with Gasteiger partial charge in [0.15, 0.2) is 0 Å². The molecule has 0 heterocycles. The minimum Gasteiger partial charge on any atom is -0.310 e. The maximum Gasteiger partial charge on any atom is 0.291 e. The molecule has 2 nitrogen and oxygen atoms in total. The van der Waals surface area contributed by atoms with E-state index in [-0.39, 0.29) is 0 Å². The lowest BCUT2D eigenvalue weighted by molar-refractivity contribution is -0.457. The van der Waals surface area contributed by atoms with Crippen LogP contribution in [0, 0.1) is 0 Å². The molecule has 0 saturated heterocycles. The summed E-state index contributed by atoms with van der Waals surface area (Å²) in [6.07, 6.45) is 4.02. The average Bonchev–Trinajstić information content (AvgIpc) is 1.63. The summed E-state index contributed by atoms with van der Waals surface area (Å²) in [4.78, 5) is 3.91. The van der Waals surface area contributed by atoms with Crippen molar-refractivity contribution in [2.75, 3.05) is 21.1 Å². The average molecular weight is 125 g/mol. The molecular formula is C6H14BN2+. The van der Waals surface area contributed by atoms with Crippen LogP contribution in [0.4, 0.5) is 0 Å². The fourth-order valence-corrected chi connectivity index (χ4v) is 0.744. The van der Waals surface area contributed by atoms with E-state index in [1.807, 2.05) is 24.8 Å². The van der Waals surface area contributed by atoms with Crippen LogP contribution in [0.25, 0.3) is 0 Å². The summed E-state index contributed by atoms with van der Waals surface area (Å²) >= 11 is 0. The van der Waals surface area contributed by atoms with E-state index in [1.54, 1.807) is 7.05 Å². The fraction of sp³-hybridized carbons (Fsp3) is 0.667. The van der Waals surface area contributed by atoms with Gasteiger partial charge in [0.2, 0.25) is 0 Å². The van der Waals surface area contributed by atoms with E-state index in [2.05, 4.69) is 17.9 Å². The molecule has 0 aromatic rings. The molecule has 0 aliphatic heterocycles. The van der Waals surface area contributed by atoms with Crippen molar-refractivity contribution in [3.05, 3.63) is 0 Å². The SMILES string of the molecule is CN=CB(C)C=[N+](C)C. The summed E-state index contributed by atoms with van der Waals surface area (Å²) in [7, 11) is 5.82. The highest BCUT2D eigenvalue weighted by atomic mass is 14.9. The molecule has 0 rings (SSSR count). The summed E-state index contributed by atoms with van der Waals surface area (Å²) in [5.74, 6) is 0. The van der Waals surface area contributed by atoms with Crippen molar-refractivity contribution in [2.45, 2.75) is 6.82 Å². The molecule has 0 bridgehead atoms. The molecule has 0 atom stereocenters. The van der Waals surface area contributed by atoms with E-state index in [0.29, 0.717) is 6.71 Å². The van der Waals surface area contributed by atoms with Gasteiger partial charge in [0.25, 0.3) is 6.71 Å². The molecule has 0 unspecified atom stereocenters. The Morgan fingerprint density at radius 2 is 2.00 bits per heavy atom. The zero-order chi connectivity index (χ0) is 7.28. The van der Waals surface area contributed by atoms with Crippen LogP contribution in [-0.4, -0.2) is 44.7 Å². The van der Waals surface area contributed by atoms with Crippen LogP contribution in [0.1, 0.15) is 0 Å². The Morgan fingerprint density at radius 3 is 2.33 bits per heavy atom. The second-order valence-corrected chi connectivity index (χ2v) is 2.38. The van der Waals surface area contributed by atoms with Crippen LogP contribution in [0.2, 0.25) is 6.82 Å². The minimum atomic E-state index is 0.449. The van der Waals surface area contributed by atoms with Crippen molar-refractivity contribution in [3.8, 4) is 0 Å². The van der Waals surface area contributed by atoms with E-state index in [0.717, 1.165) is 0 Å². The Bertz CT molecular complexity index is 125. The Balaban J connectivity index is 3.76. The number of hydrogen-bond donors (Lipinski definition) is 0. The van der Waals surface area contributed by atoms with Gasteiger partial charge in [-0.2, -0.15) is 0 Å². The Morgan fingerprint density at radius 1 is 1.44 bits per heavy atom. The second-order valence-electron chi connectivity index (χ2n) is 2.38. The zero-order valence-electron chi connectivity index (χ0n) is 6.63. The third-order valence-electron chi connectivity index (χ3n) is 0.917. The van der Waals surface area contributed by atoms with Crippen LogP contribution in [0.15, 0.2) is 4.99 Å². The lowest BCUT2D eigenvalue weighted by atomic mass is 9.55. The smallest absolute Gasteiger partial charge is 0.291 e. The molecule has 0 radical (unpaired) electrons. The maximum absolute atomic E-state index is 3.91. The molecule has 0 aromatic carbocycles. The molecule has 0 N–H and O–H groups in total. The van der Waals surface area contributed by atoms with Crippen molar-refractivity contribution >= 4 is 18.9 Å². The highest BCUT2D eigenvalue weighted by molar-refractivity contribution is 7.03. The second kappa shape index (κ2) is 4.30.